The van der Waals surface area contributed by atoms with E-state index >= 15 is 0 Å². The fourth-order valence-corrected chi connectivity index (χ4v) is 5.40. The van der Waals surface area contributed by atoms with Gasteiger partial charge in [-0.05, 0) is 67.4 Å². The molecule has 1 unspecified atom stereocenters. The Morgan fingerprint density at radius 3 is 2.56 bits per heavy atom. The number of rotatable bonds is 7. The number of hydrogen-bond donors (Lipinski definition) is 0. The van der Waals surface area contributed by atoms with Gasteiger partial charge in [0, 0.05) is 13.1 Å². The summed E-state index contributed by atoms with van der Waals surface area (Å²) in [6, 6.07) is 20.8. The number of ether oxygens (including phenoxy) is 2. The first-order valence-electron chi connectivity index (χ1n) is 11.9. The first-order valence-corrected chi connectivity index (χ1v) is 12.8. The lowest BCUT2D eigenvalue weighted by atomic mass is 10.1. The molecule has 4 nitrogen and oxygen atoms in total. The highest BCUT2D eigenvalue weighted by Crippen LogP contribution is 2.36. The molecule has 0 radical (unpaired) electrons. The lowest BCUT2D eigenvalue weighted by Crippen LogP contribution is -2.35. The third kappa shape index (κ3) is 5.88. The van der Waals surface area contributed by atoms with Gasteiger partial charge in [-0.2, -0.15) is 13.2 Å². The number of likely N-dealkylation sites (tertiary alicyclic amines) is 1. The number of alkyl halides is 3. The molecule has 0 bridgehead atoms. The largest absolute Gasteiger partial charge is 0.489 e. The summed E-state index contributed by atoms with van der Waals surface area (Å²) in [5.41, 5.74) is 1.63. The zero-order valence-corrected chi connectivity index (χ0v) is 20.7. The highest BCUT2D eigenvalue weighted by Gasteiger charge is 2.30. The van der Waals surface area contributed by atoms with Crippen molar-refractivity contribution in [2.45, 2.75) is 37.8 Å². The van der Waals surface area contributed by atoms with Crippen LogP contribution in [0.4, 0.5) is 13.2 Å². The number of nitrogens with zero attached hydrogens (tertiary/aromatic N) is 2. The van der Waals surface area contributed by atoms with Gasteiger partial charge in [-0.3, -0.25) is 0 Å². The van der Waals surface area contributed by atoms with Crippen LogP contribution in [0.1, 0.15) is 40.6 Å². The molecule has 1 aliphatic rings. The summed E-state index contributed by atoms with van der Waals surface area (Å²) in [6.07, 6.45) is -2.72. The molecule has 8 heteroatoms. The Morgan fingerprint density at radius 1 is 1.00 bits per heavy atom. The minimum Gasteiger partial charge on any atom is -0.489 e. The lowest BCUT2D eigenvalue weighted by Gasteiger charge is -2.31. The van der Waals surface area contributed by atoms with E-state index in [-0.39, 0.29) is 18.8 Å². The third-order valence-corrected chi connectivity index (χ3v) is 7.43. The molecule has 2 heterocycles. The normalized spacial score (nSPS) is 16.3. The van der Waals surface area contributed by atoms with E-state index in [1.54, 1.807) is 17.4 Å². The van der Waals surface area contributed by atoms with Crippen molar-refractivity contribution in [2.24, 2.45) is 0 Å². The number of thiazole rings is 1. The van der Waals surface area contributed by atoms with Crippen LogP contribution < -0.4 is 4.74 Å². The number of fused-ring (bicyclic) bond motifs is 1. The lowest BCUT2D eigenvalue weighted by molar-refractivity contribution is -0.137. The summed E-state index contributed by atoms with van der Waals surface area (Å²) in [5.74, 6) is 0.572. The molecule has 1 atom stereocenters. The van der Waals surface area contributed by atoms with Gasteiger partial charge in [0.25, 0.3) is 0 Å². The van der Waals surface area contributed by atoms with Crippen molar-refractivity contribution < 1.29 is 22.6 Å². The van der Waals surface area contributed by atoms with Crippen molar-refractivity contribution >= 4 is 21.6 Å². The van der Waals surface area contributed by atoms with E-state index in [0.29, 0.717) is 11.3 Å². The maximum absolute atomic E-state index is 13.1. The maximum Gasteiger partial charge on any atom is 0.416 e. The SMILES string of the molecule is CN1CCC(OC(c2cccc(OCc3cccc(C(F)(F)F)c3)c2)c2nc3ccccc3s2)CC1. The van der Waals surface area contributed by atoms with E-state index < -0.39 is 11.7 Å². The zero-order valence-electron chi connectivity index (χ0n) is 19.9. The number of halogens is 3. The summed E-state index contributed by atoms with van der Waals surface area (Å²) >= 11 is 1.62. The number of hydrogen-bond acceptors (Lipinski definition) is 5. The third-order valence-electron chi connectivity index (χ3n) is 6.35. The van der Waals surface area contributed by atoms with Crippen LogP contribution in [0, 0.1) is 0 Å². The van der Waals surface area contributed by atoms with Crippen LogP contribution in [0.25, 0.3) is 10.2 Å². The Hall–Kier alpha value is -2.94. The first-order chi connectivity index (χ1) is 17.3. The van der Waals surface area contributed by atoms with Crippen molar-refractivity contribution in [1.82, 2.24) is 9.88 Å². The summed E-state index contributed by atoms with van der Waals surface area (Å²) in [5, 5.41) is 0.880. The van der Waals surface area contributed by atoms with Crippen molar-refractivity contribution in [3.63, 3.8) is 0 Å². The Balaban J connectivity index is 1.39. The fraction of sp³-hybridized carbons (Fsp3) is 0.321. The van der Waals surface area contributed by atoms with Gasteiger partial charge in [-0.25, -0.2) is 4.98 Å². The zero-order chi connectivity index (χ0) is 25.1. The Kier molecular flexibility index (Phi) is 7.27. The molecule has 4 aromatic rings. The second-order valence-corrected chi connectivity index (χ2v) is 10.2. The van der Waals surface area contributed by atoms with Crippen molar-refractivity contribution in [3.05, 3.63) is 94.5 Å². The molecule has 1 aliphatic heterocycles. The minimum atomic E-state index is -4.38. The quantitative estimate of drug-likeness (QED) is 0.265. The fourth-order valence-electron chi connectivity index (χ4n) is 4.37. The molecule has 36 heavy (non-hydrogen) atoms. The molecular formula is C28H27F3N2O2S. The van der Waals surface area contributed by atoms with Gasteiger partial charge >= 0.3 is 6.18 Å². The minimum absolute atomic E-state index is 0.0367. The Bertz CT molecular complexity index is 1280. The van der Waals surface area contributed by atoms with Gasteiger partial charge in [-0.1, -0.05) is 36.4 Å². The first kappa shape index (κ1) is 24.7. The van der Waals surface area contributed by atoms with Gasteiger partial charge in [0.1, 0.15) is 23.5 Å². The smallest absolute Gasteiger partial charge is 0.416 e. The van der Waals surface area contributed by atoms with Crippen molar-refractivity contribution in [3.8, 4) is 5.75 Å². The van der Waals surface area contributed by atoms with Crippen LogP contribution in [0.15, 0.2) is 72.8 Å². The predicted octanol–water partition coefficient (Wildman–Crippen LogP) is 7.09. The monoisotopic (exact) mass is 512 g/mol. The van der Waals surface area contributed by atoms with E-state index in [0.717, 1.165) is 58.9 Å². The molecule has 188 valence electrons. The van der Waals surface area contributed by atoms with Gasteiger partial charge in [0.2, 0.25) is 0 Å². The molecule has 1 saturated heterocycles. The van der Waals surface area contributed by atoms with Gasteiger partial charge < -0.3 is 14.4 Å². The topological polar surface area (TPSA) is 34.6 Å². The van der Waals surface area contributed by atoms with Crippen LogP contribution >= 0.6 is 11.3 Å². The number of para-hydroxylation sites is 1. The highest BCUT2D eigenvalue weighted by molar-refractivity contribution is 7.18. The average Bonchev–Trinajstić information content (AvgIpc) is 3.31. The van der Waals surface area contributed by atoms with E-state index in [9.17, 15) is 13.2 Å². The van der Waals surface area contributed by atoms with Gasteiger partial charge in [-0.15, -0.1) is 11.3 Å². The molecule has 1 fully saturated rings. The molecule has 0 amide bonds. The second kappa shape index (κ2) is 10.6. The summed E-state index contributed by atoms with van der Waals surface area (Å²) in [6.45, 7) is 2.00. The van der Waals surface area contributed by atoms with Crippen LogP contribution in [0.2, 0.25) is 0 Å². The molecule has 5 rings (SSSR count). The van der Waals surface area contributed by atoms with Crippen LogP contribution in [0.5, 0.6) is 5.75 Å². The second-order valence-electron chi connectivity index (χ2n) is 9.10. The van der Waals surface area contributed by atoms with E-state index in [1.165, 1.54) is 6.07 Å². The maximum atomic E-state index is 13.1. The van der Waals surface area contributed by atoms with E-state index in [1.807, 2.05) is 42.5 Å². The highest BCUT2D eigenvalue weighted by atomic mass is 32.1. The molecule has 0 saturated carbocycles. The van der Waals surface area contributed by atoms with Crippen molar-refractivity contribution in [1.29, 1.82) is 0 Å². The Labute approximate surface area is 212 Å². The molecule has 3 aromatic carbocycles. The Morgan fingerprint density at radius 2 is 1.78 bits per heavy atom. The molecule has 0 spiro atoms. The molecule has 0 N–H and O–H groups in total. The van der Waals surface area contributed by atoms with E-state index in [2.05, 4.69) is 18.0 Å². The standard InChI is InChI=1S/C28H27F3N2O2S/c1-33-14-12-22(13-15-33)35-26(27-32-24-10-2-3-11-25(24)36-27)20-7-5-9-23(17-20)34-18-19-6-4-8-21(16-19)28(29,30)31/h2-11,16-17,22,26H,12-15,18H2,1H3. The number of benzene rings is 3. The summed E-state index contributed by atoms with van der Waals surface area (Å²) in [7, 11) is 2.12. The summed E-state index contributed by atoms with van der Waals surface area (Å²) in [4.78, 5) is 7.16. The van der Waals surface area contributed by atoms with Crippen LogP contribution in [-0.4, -0.2) is 36.1 Å². The van der Waals surface area contributed by atoms with E-state index in [4.69, 9.17) is 14.5 Å². The molecular weight excluding hydrogens is 485 g/mol. The van der Waals surface area contributed by atoms with Crippen LogP contribution in [-0.2, 0) is 17.5 Å². The molecule has 1 aromatic heterocycles. The number of piperidine rings is 1. The van der Waals surface area contributed by atoms with Crippen molar-refractivity contribution in [2.75, 3.05) is 20.1 Å². The number of aromatic nitrogens is 1. The van der Waals surface area contributed by atoms with Crippen LogP contribution in [0.3, 0.4) is 0 Å². The average molecular weight is 513 g/mol. The molecule has 0 aliphatic carbocycles. The van der Waals surface area contributed by atoms with Gasteiger partial charge in [0.15, 0.2) is 0 Å². The predicted molar refractivity (Wildman–Crippen MR) is 135 cm³/mol. The summed E-state index contributed by atoms with van der Waals surface area (Å²) < 4.78 is 52.8. The van der Waals surface area contributed by atoms with Gasteiger partial charge in [0.05, 0.1) is 21.9 Å².